The van der Waals surface area contributed by atoms with E-state index in [-0.39, 0.29) is 0 Å². The zero-order chi connectivity index (χ0) is 14.0. The quantitative estimate of drug-likeness (QED) is 0.498. The van der Waals surface area contributed by atoms with Gasteiger partial charge in [0.15, 0.2) is 5.82 Å². The normalized spacial score (nSPS) is 10.6. The van der Waals surface area contributed by atoms with Crippen LogP contribution in [0.3, 0.4) is 0 Å². The minimum absolute atomic E-state index is 0.476. The van der Waals surface area contributed by atoms with Crippen LogP contribution in [0.4, 0.5) is 0 Å². The zero-order valence-electron chi connectivity index (χ0n) is 10.4. The first-order chi connectivity index (χ1) is 9.06. The molecule has 0 unspecified atom stereocenters. The number of nitrogens with zero attached hydrogens (tertiary/aromatic N) is 2. The number of aromatic nitrogens is 2. The number of halogens is 3. The van der Waals surface area contributed by atoms with Crippen LogP contribution in [0.2, 0.25) is 5.15 Å². The third-order valence-electron chi connectivity index (χ3n) is 2.62. The lowest BCUT2D eigenvalue weighted by atomic mass is 10.2. The third-order valence-corrected chi connectivity index (χ3v) is 4.84. The van der Waals surface area contributed by atoms with Crippen molar-refractivity contribution < 1.29 is 4.74 Å². The fraction of sp³-hybridized carbons (Fsp3) is 0.231. The van der Waals surface area contributed by atoms with Gasteiger partial charge < -0.3 is 4.74 Å². The van der Waals surface area contributed by atoms with Crippen molar-refractivity contribution in [2.45, 2.75) is 13.3 Å². The van der Waals surface area contributed by atoms with Gasteiger partial charge in [0.1, 0.15) is 10.9 Å². The number of benzene rings is 1. The number of hydrogen-bond acceptors (Lipinski definition) is 3. The molecule has 0 aliphatic heterocycles. The Kier molecular flexibility index (Phi) is 5.03. The van der Waals surface area contributed by atoms with E-state index in [9.17, 15) is 0 Å². The molecule has 1 aromatic carbocycles. The number of rotatable bonds is 3. The lowest BCUT2D eigenvalue weighted by Crippen LogP contribution is -2.00. The Labute approximate surface area is 139 Å². The Morgan fingerprint density at radius 2 is 2.11 bits per heavy atom. The third kappa shape index (κ3) is 3.20. The smallest absolute Gasteiger partial charge is 0.164 e. The van der Waals surface area contributed by atoms with Crippen LogP contribution in [0, 0.1) is 3.57 Å². The molecule has 0 bridgehead atoms. The van der Waals surface area contributed by atoms with Crippen molar-refractivity contribution in [3.05, 3.63) is 37.1 Å². The molecule has 1 aromatic heterocycles. The molecular formula is C13H11BrClIN2O. The first kappa shape index (κ1) is 15.0. The average molecular weight is 454 g/mol. The molecular weight excluding hydrogens is 442 g/mol. The second-order valence-corrected chi connectivity index (χ2v) is 6.15. The van der Waals surface area contributed by atoms with Crippen LogP contribution in [-0.2, 0) is 6.42 Å². The monoisotopic (exact) mass is 452 g/mol. The minimum Gasteiger partial charge on any atom is -0.496 e. The Hall–Kier alpha value is -0.400. The second kappa shape index (κ2) is 6.37. The summed E-state index contributed by atoms with van der Waals surface area (Å²) in [5, 5.41) is 0.476. The van der Waals surface area contributed by atoms with Gasteiger partial charge in [0.25, 0.3) is 0 Å². The highest BCUT2D eigenvalue weighted by atomic mass is 127. The summed E-state index contributed by atoms with van der Waals surface area (Å²) in [5.74, 6) is 1.31. The van der Waals surface area contributed by atoms with Gasteiger partial charge in [0, 0.05) is 4.47 Å². The fourth-order valence-electron chi connectivity index (χ4n) is 1.67. The number of ether oxygens (including phenoxy) is 1. The van der Waals surface area contributed by atoms with Gasteiger partial charge >= 0.3 is 0 Å². The van der Waals surface area contributed by atoms with E-state index in [4.69, 9.17) is 16.3 Å². The largest absolute Gasteiger partial charge is 0.496 e. The topological polar surface area (TPSA) is 35.0 Å². The molecule has 0 saturated carbocycles. The van der Waals surface area contributed by atoms with E-state index in [1.807, 2.05) is 25.1 Å². The van der Waals surface area contributed by atoms with E-state index >= 15 is 0 Å². The van der Waals surface area contributed by atoms with E-state index in [2.05, 4.69) is 48.5 Å². The highest BCUT2D eigenvalue weighted by Gasteiger charge is 2.14. The number of hydrogen-bond donors (Lipinski definition) is 0. The summed E-state index contributed by atoms with van der Waals surface area (Å²) in [4.78, 5) is 8.91. The molecule has 0 aliphatic carbocycles. The summed E-state index contributed by atoms with van der Waals surface area (Å²) in [6.07, 6.45) is 0.809. The zero-order valence-corrected chi connectivity index (χ0v) is 14.9. The van der Waals surface area contributed by atoms with E-state index in [0.717, 1.165) is 31.5 Å². The molecule has 0 fully saturated rings. The molecule has 1 heterocycles. The highest BCUT2D eigenvalue weighted by Crippen LogP contribution is 2.32. The van der Waals surface area contributed by atoms with Gasteiger partial charge in [-0.25, -0.2) is 9.97 Å². The van der Waals surface area contributed by atoms with Gasteiger partial charge in [-0.15, -0.1) is 0 Å². The lowest BCUT2D eigenvalue weighted by molar-refractivity contribution is 0.416. The number of aryl methyl sites for hydroxylation is 1. The van der Waals surface area contributed by atoms with E-state index in [1.54, 1.807) is 7.11 Å². The van der Waals surface area contributed by atoms with Crippen molar-refractivity contribution in [1.82, 2.24) is 9.97 Å². The van der Waals surface area contributed by atoms with Gasteiger partial charge in [-0.05, 0) is 47.2 Å². The molecule has 100 valence electrons. The van der Waals surface area contributed by atoms with Crippen LogP contribution in [0.1, 0.15) is 12.6 Å². The highest BCUT2D eigenvalue weighted by molar-refractivity contribution is 14.1. The van der Waals surface area contributed by atoms with Crippen LogP contribution in [0.15, 0.2) is 22.7 Å². The van der Waals surface area contributed by atoms with Gasteiger partial charge in [-0.3, -0.25) is 0 Å². The van der Waals surface area contributed by atoms with Crippen molar-refractivity contribution in [2.75, 3.05) is 7.11 Å². The predicted octanol–water partition coefficient (Wildman–Crippen LogP) is 4.74. The van der Waals surface area contributed by atoms with Crippen molar-refractivity contribution in [1.29, 1.82) is 0 Å². The van der Waals surface area contributed by atoms with E-state index in [0.29, 0.717) is 11.0 Å². The summed E-state index contributed by atoms with van der Waals surface area (Å²) < 4.78 is 7.20. The minimum atomic E-state index is 0.476. The molecule has 2 aromatic rings. The van der Waals surface area contributed by atoms with Crippen molar-refractivity contribution in [3.8, 4) is 17.1 Å². The molecule has 0 N–H and O–H groups in total. The molecule has 0 aliphatic rings. The summed E-state index contributed by atoms with van der Waals surface area (Å²) in [6, 6.07) is 5.72. The molecule has 6 heteroatoms. The first-order valence-electron chi connectivity index (χ1n) is 5.62. The first-order valence-corrected chi connectivity index (χ1v) is 7.87. The van der Waals surface area contributed by atoms with Gasteiger partial charge in [0.05, 0.1) is 21.9 Å². The van der Waals surface area contributed by atoms with E-state index in [1.165, 1.54) is 0 Å². The molecule has 19 heavy (non-hydrogen) atoms. The predicted molar refractivity (Wildman–Crippen MR) is 88.8 cm³/mol. The van der Waals surface area contributed by atoms with Crippen LogP contribution < -0.4 is 4.74 Å². The summed E-state index contributed by atoms with van der Waals surface area (Å²) in [7, 11) is 1.63. The standard InChI is InChI=1S/C13H11BrClIN2O/c1-3-9-11(16)12(15)18-13(17-9)8-6-7(14)4-5-10(8)19-2/h4-6H,3H2,1-2H3. The van der Waals surface area contributed by atoms with Crippen molar-refractivity contribution in [2.24, 2.45) is 0 Å². The van der Waals surface area contributed by atoms with Crippen LogP contribution in [-0.4, -0.2) is 17.1 Å². The van der Waals surface area contributed by atoms with Crippen LogP contribution in [0.5, 0.6) is 5.75 Å². The van der Waals surface area contributed by atoms with Crippen molar-refractivity contribution >= 4 is 50.1 Å². The Balaban J connectivity index is 2.65. The number of methoxy groups -OCH3 is 1. The summed E-state index contributed by atoms with van der Waals surface area (Å²) in [6.45, 7) is 2.04. The summed E-state index contributed by atoms with van der Waals surface area (Å²) in [5.41, 5.74) is 1.77. The molecule has 3 nitrogen and oxygen atoms in total. The maximum atomic E-state index is 6.17. The summed E-state index contributed by atoms with van der Waals surface area (Å²) >= 11 is 11.8. The Morgan fingerprint density at radius 3 is 2.74 bits per heavy atom. The van der Waals surface area contributed by atoms with Gasteiger partial charge in [-0.1, -0.05) is 34.5 Å². The molecule has 2 rings (SSSR count). The molecule has 0 amide bonds. The average Bonchev–Trinajstić information content (AvgIpc) is 2.41. The molecule has 0 saturated heterocycles. The van der Waals surface area contributed by atoms with Crippen molar-refractivity contribution in [3.63, 3.8) is 0 Å². The molecule has 0 radical (unpaired) electrons. The SMILES string of the molecule is CCc1nc(-c2cc(Br)ccc2OC)nc(Cl)c1I. The fourth-order valence-corrected chi connectivity index (χ4v) is 2.85. The van der Waals surface area contributed by atoms with Crippen LogP contribution in [0.25, 0.3) is 11.4 Å². The maximum absolute atomic E-state index is 6.17. The van der Waals surface area contributed by atoms with E-state index < -0.39 is 0 Å². The lowest BCUT2D eigenvalue weighted by Gasteiger charge is -2.10. The maximum Gasteiger partial charge on any atom is 0.164 e. The molecule has 0 spiro atoms. The second-order valence-electron chi connectivity index (χ2n) is 3.80. The van der Waals surface area contributed by atoms with Gasteiger partial charge in [0.2, 0.25) is 0 Å². The Bertz CT molecular complexity index is 622. The Morgan fingerprint density at radius 1 is 1.37 bits per heavy atom. The van der Waals surface area contributed by atoms with Crippen LogP contribution >= 0.6 is 50.1 Å². The van der Waals surface area contributed by atoms with Gasteiger partial charge in [-0.2, -0.15) is 0 Å². The molecule has 0 atom stereocenters.